The van der Waals surface area contributed by atoms with Crippen molar-refractivity contribution in [1.82, 2.24) is 24.7 Å². The Hall–Kier alpha value is -2.17. The molecule has 0 atom stereocenters. The van der Waals surface area contributed by atoms with Crippen molar-refractivity contribution in [3.8, 4) is 0 Å². The van der Waals surface area contributed by atoms with Crippen LogP contribution in [0.3, 0.4) is 0 Å². The Morgan fingerprint density at radius 3 is 2.35 bits per heavy atom. The largest absolute Gasteiger partial charge is 0.292 e. The van der Waals surface area contributed by atoms with Gasteiger partial charge in [0.15, 0.2) is 0 Å². The number of hydrazine groups is 1. The molecular weight excluding hydrogens is 282 g/mol. The maximum absolute atomic E-state index is 12.0. The topological polar surface area (TPSA) is 136 Å². The number of nitrogens with two attached hydrogens (primary N) is 1. The lowest BCUT2D eigenvalue weighted by Crippen LogP contribution is -2.24. The van der Waals surface area contributed by atoms with Gasteiger partial charge in [0.1, 0.15) is 4.90 Å². The number of sulfonamides is 1. The average Bonchev–Trinajstić information content (AvgIpc) is 2.47. The van der Waals surface area contributed by atoms with E-state index < -0.39 is 10.0 Å². The fourth-order valence-electron chi connectivity index (χ4n) is 1.29. The van der Waals surface area contributed by atoms with Crippen molar-refractivity contribution in [2.75, 3.05) is 5.43 Å². The number of nitrogens with zero attached hydrogens (tertiary/aromatic N) is 4. The van der Waals surface area contributed by atoms with Crippen molar-refractivity contribution in [2.45, 2.75) is 18.4 Å². The summed E-state index contributed by atoms with van der Waals surface area (Å²) in [4.78, 5) is 15.5. The highest BCUT2D eigenvalue weighted by atomic mass is 32.2. The van der Waals surface area contributed by atoms with E-state index >= 15 is 0 Å². The lowest BCUT2D eigenvalue weighted by molar-refractivity contribution is 0.579. The van der Waals surface area contributed by atoms with Gasteiger partial charge in [-0.1, -0.05) is 0 Å². The minimum absolute atomic E-state index is 0.0342. The molecule has 0 aliphatic carbocycles. The maximum Gasteiger partial charge on any atom is 0.244 e. The molecule has 10 heteroatoms. The molecule has 0 saturated carbocycles. The number of aromatic nitrogens is 4. The highest BCUT2D eigenvalue weighted by Crippen LogP contribution is 2.07. The molecule has 2 aromatic heterocycles. The van der Waals surface area contributed by atoms with E-state index in [4.69, 9.17) is 5.84 Å². The van der Waals surface area contributed by atoms with Crippen LogP contribution in [0.15, 0.2) is 29.7 Å². The van der Waals surface area contributed by atoms with Crippen LogP contribution in [0.5, 0.6) is 0 Å². The van der Waals surface area contributed by atoms with Crippen LogP contribution in [0, 0.1) is 6.92 Å². The van der Waals surface area contributed by atoms with E-state index in [0.29, 0.717) is 5.69 Å². The summed E-state index contributed by atoms with van der Waals surface area (Å²) in [6.07, 6.45) is 5.39. The van der Waals surface area contributed by atoms with Crippen LogP contribution in [0.25, 0.3) is 0 Å². The van der Waals surface area contributed by atoms with Crippen molar-refractivity contribution in [3.05, 3.63) is 36.2 Å². The fourth-order valence-corrected chi connectivity index (χ4v) is 2.18. The zero-order valence-corrected chi connectivity index (χ0v) is 11.4. The van der Waals surface area contributed by atoms with Crippen LogP contribution in [0.2, 0.25) is 0 Å². The average molecular weight is 295 g/mol. The van der Waals surface area contributed by atoms with E-state index in [-0.39, 0.29) is 17.4 Å². The standard InChI is InChI=1S/C10H13N7O2S/c1-7-2-13-8(3-12-7)4-16-20(18,19)9-5-14-10(17-11)15-6-9/h2-3,5-6,16H,4,11H2,1H3,(H,14,15,17). The van der Waals surface area contributed by atoms with E-state index in [1.54, 1.807) is 13.1 Å². The molecule has 2 aromatic rings. The molecule has 0 fully saturated rings. The molecule has 2 heterocycles. The molecule has 9 nitrogen and oxygen atoms in total. The Morgan fingerprint density at radius 1 is 1.10 bits per heavy atom. The lowest BCUT2D eigenvalue weighted by atomic mass is 10.4. The van der Waals surface area contributed by atoms with Gasteiger partial charge in [0.2, 0.25) is 16.0 Å². The number of nitrogen functional groups attached to an aromatic ring is 1. The van der Waals surface area contributed by atoms with Gasteiger partial charge in [-0.2, -0.15) is 0 Å². The fraction of sp³-hybridized carbons (Fsp3) is 0.200. The minimum Gasteiger partial charge on any atom is -0.292 e. The summed E-state index contributed by atoms with van der Waals surface area (Å²) in [5.74, 6) is 5.23. The van der Waals surface area contributed by atoms with Crippen LogP contribution in [-0.4, -0.2) is 28.4 Å². The minimum atomic E-state index is -3.70. The molecule has 0 radical (unpaired) electrons. The van der Waals surface area contributed by atoms with Gasteiger partial charge < -0.3 is 0 Å². The normalized spacial score (nSPS) is 11.3. The summed E-state index contributed by atoms with van der Waals surface area (Å²) in [6.45, 7) is 1.83. The number of nitrogens with one attached hydrogen (secondary N) is 2. The summed E-state index contributed by atoms with van der Waals surface area (Å²) < 4.78 is 26.3. The smallest absolute Gasteiger partial charge is 0.244 e. The number of rotatable bonds is 5. The summed E-state index contributed by atoms with van der Waals surface area (Å²) in [6, 6.07) is 0. The highest BCUT2D eigenvalue weighted by molar-refractivity contribution is 7.89. The molecular formula is C10H13N7O2S. The van der Waals surface area contributed by atoms with Gasteiger partial charge in [-0.05, 0) is 6.92 Å². The molecule has 0 amide bonds. The van der Waals surface area contributed by atoms with Crippen LogP contribution in [0.4, 0.5) is 5.95 Å². The molecule has 0 aromatic carbocycles. The Labute approximate surface area is 115 Å². The molecule has 2 rings (SSSR count). The number of anilines is 1. The van der Waals surface area contributed by atoms with E-state index in [1.807, 2.05) is 0 Å². The van der Waals surface area contributed by atoms with Gasteiger partial charge in [0.25, 0.3) is 0 Å². The highest BCUT2D eigenvalue weighted by Gasteiger charge is 2.15. The number of hydrogen-bond acceptors (Lipinski definition) is 8. The molecule has 0 bridgehead atoms. The van der Waals surface area contributed by atoms with E-state index in [0.717, 1.165) is 18.1 Å². The van der Waals surface area contributed by atoms with E-state index in [9.17, 15) is 8.42 Å². The summed E-state index contributed by atoms with van der Waals surface area (Å²) >= 11 is 0. The summed E-state index contributed by atoms with van der Waals surface area (Å²) in [5, 5.41) is 0. The van der Waals surface area contributed by atoms with Crippen molar-refractivity contribution in [2.24, 2.45) is 5.84 Å². The van der Waals surface area contributed by atoms with Crippen molar-refractivity contribution >= 4 is 16.0 Å². The van der Waals surface area contributed by atoms with Crippen LogP contribution in [0.1, 0.15) is 11.4 Å². The first-order valence-corrected chi connectivity index (χ1v) is 7.05. The quantitative estimate of drug-likeness (QED) is 0.488. The lowest BCUT2D eigenvalue weighted by Gasteiger charge is -2.06. The molecule has 106 valence electrons. The third kappa shape index (κ3) is 3.44. The van der Waals surface area contributed by atoms with E-state index in [2.05, 4.69) is 30.1 Å². The van der Waals surface area contributed by atoms with Gasteiger partial charge in [0.05, 0.1) is 36.5 Å². The second-order valence-corrected chi connectivity index (χ2v) is 5.63. The van der Waals surface area contributed by atoms with Crippen molar-refractivity contribution in [3.63, 3.8) is 0 Å². The molecule has 0 aliphatic rings. The first-order chi connectivity index (χ1) is 9.51. The van der Waals surface area contributed by atoms with Crippen LogP contribution in [-0.2, 0) is 16.6 Å². The van der Waals surface area contributed by atoms with Gasteiger partial charge in [-0.3, -0.25) is 15.4 Å². The molecule has 0 spiro atoms. The zero-order chi connectivity index (χ0) is 14.6. The Balaban J connectivity index is 2.08. The monoisotopic (exact) mass is 295 g/mol. The number of aryl methyl sites for hydroxylation is 1. The van der Waals surface area contributed by atoms with E-state index in [1.165, 1.54) is 6.20 Å². The maximum atomic E-state index is 12.0. The molecule has 4 N–H and O–H groups in total. The van der Waals surface area contributed by atoms with Crippen LogP contribution < -0.4 is 16.0 Å². The van der Waals surface area contributed by atoms with Crippen molar-refractivity contribution in [1.29, 1.82) is 0 Å². The van der Waals surface area contributed by atoms with Gasteiger partial charge >= 0.3 is 0 Å². The SMILES string of the molecule is Cc1cnc(CNS(=O)(=O)c2cnc(NN)nc2)cn1. The second-order valence-electron chi connectivity index (χ2n) is 3.86. The predicted octanol–water partition coefficient (Wildman–Crippen LogP) is -0.661. The van der Waals surface area contributed by atoms with Gasteiger partial charge in [-0.25, -0.2) is 29.0 Å². The molecule has 0 saturated heterocycles. The zero-order valence-electron chi connectivity index (χ0n) is 10.6. The van der Waals surface area contributed by atoms with Crippen molar-refractivity contribution < 1.29 is 8.42 Å². The number of hydrogen-bond donors (Lipinski definition) is 3. The summed E-state index contributed by atoms with van der Waals surface area (Å²) in [5.41, 5.74) is 3.49. The van der Waals surface area contributed by atoms with Crippen LogP contribution >= 0.6 is 0 Å². The Bertz CT molecular complexity index is 670. The molecule has 20 heavy (non-hydrogen) atoms. The summed E-state index contributed by atoms with van der Waals surface area (Å²) in [7, 11) is -3.70. The molecule has 0 aliphatic heterocycles. The Kier molecular flexibility index (Phi) is 4.17. The predicted molar refractivity (Wildman–Crippen MR) is 70.6 cm³/mol. The first-order valence-electron chi connectivity index (χ1n) is 5.57. The third-order valence-corrected chi connectivity index (χ3v) is 3.70. The first kappa shape index (κ1) is 14.2. The van der Waals surface area contributed by atoms with Gasteiger partial charge in [-0.15, -0.1) is 0 Å². The molecule has 0 unspecified atom stereocenters. The Morgan fingerprint density at radius 2 is 1.80 bits per heavy atom. The third-order valence-electron chi connectivity index (χ3n) is 2.35. The van der Waals surface area contributed by atoms with Gasteiger partial charge in [0, 0.05) is 6.20 Å². The second kappa shape index (κ2) is 5.86.